The van der Waals surface area contributed by atoms with Gasteiger partial charge in [0, 0.05) is 22.5 Å². The van der Waals surface area contributed by atoms with E-state index in [0.717, 1.165) is 21.9 Å². The van der Waals surface area contributed by atoms with Gasteiger partial charge in [-0.2, -0.15) is 0 Å². The van der Waals surface area contributed by atoms with Crippen LogP contribution in [0.15, 0.2) is 36.4 Å². The Morgan fingerprint density at radius 2 is 1.71 bits per heavy atom. The summed E-state index contributed by atoms with van der Waals surface area (Å²) in [5.74, 6) is 0.0293. The van der Waals surface area contributed by atoms with E-state index in [9.17, 15) is 9.59 Å². The number of hydrogen-bond acceptors (Lipinski definition) is 2. The minimum Gasteiger partial charge on any atom is -0.347 e. The first kappa shape index (κ1) is 21.9. The van der Waals surface area contributed by atoms with Crippen LogP contribution in [0.25, 0.3) is 0 Å². The Morgan fingerprint density at radius 3 is 2.29 bits per heavy atom. The van der Waals surface area contributed by atoms with E-state index in [1.54, 1.807) is 0 Å². The first-order valence-electron chi connectivity index (χ1n) is 9.88. The van der Waals surface area contributed by atoms with Crippen molar-refractivity contribution in [2.24, 2.45) is 0 Å². The third kappa shape index (κ3) is 5.55. The van der Waals surface area contributed by atoms with Gasteiger partial charge in [0.05, 0.1) is 13.1 Å². The number of likely N-dealkylation sites (N-methyl/N-ethyl adjacent to an activating group) is 1. The maximum atomic E-state index is 12.9. The molecule has 1 amide bonds. The fourth-order valence-electron chi connectivity index (χ4n) is 3.70. The molecule has 2 rings (SSSR count). The highest BCUT2D eigenvalue weighted by molar-refractivity contribution is 5.98. The molecular formula is C23H34N3O2+. The summed E-state index contributed by atoms with van der Waals surface area (Å²) in [6.07, 6.45) is 0. The Balaban J connectivity index is 2.11. The number of carbonyl (C=O) groups is 2. The van der Waals surface area contributed by atoms with Crippen LogP contribution in [0.2, 0.25) is 0 Å². The lowest BCUT2D eigenvalue weighted by atomic mass is 10.1. The second-order valence-corrected chi connectivity index (χ2v) is 8.77. The number of amides is 1. The summed E-state index contributed by atoms with van der Waals surface area (Å²) < 4.78 is 2.21. The van der Waals surface area contributed by atoms with Crippen molar-refractivity contribution in [2.75, 3.05) is 20.1 Å². The van der Waals surface area contributed by atoms with Gasteiger partial charge in [0.25, 0.3) is 5.91 Å². The fraction of sp³-hybridized carbons (Fsp3) is 0.478. The van der Waals surface area contributed by atoms with E-state index in [1.165, 1.54) is 5.56 Å². The van der Waals surface area contributed by atoms with Gasteiger partial charge in [-0.25, -0.2) is 0 Å². The number of aromatic nitrogens is 1. The number of carbonyl (C=O) groups excluding carboxylic acids is 2. The molecule has 2 atom stereocenters. The molecule has 5 nitrogen and oxygen atoms in total. The van der Waals surface area contributed by atoms with Crippen LogP contribution in [0.5, 0.6) is 0 Å². The monoisotopic (exact) mass is 384 g/mol. The van der Waals surface area contributed by atoms with Gasteiger partial charge >= 0.3 is 0 Å². The second-order valence-electron chi connectivity index (χ2n) is 8.77. The fourth-order valence-corrected chi connectivity index (χ4v) is 3.70. The number of Topliss-reactive ketones (excluding diaryl/α,β-unsaturated/α-hetero) is 1. The number of aryl methyl sites for hydroxylation is 1. The molecule has 0 aliphatic rings. The predicted octanol–water partition coefficient (Wildman–Crippen LogP) is 2.33. The maximum Gasteiger partial charge on any atom is 0.275 e. The van der Waals surface area contributed by atoms with Crippen LogP contribution in [-0.4, -0.2) is 41.9 Å². The molecule has 0 spiro atoms. The van der Waals surface area contributed by atoms with Crippen molar-refractivity contribution in [1.82, 2.24) is 9.88 Å². The number of benzene rings is 1. The molecule has 2 N–H and O–H groups in total. The third-order valence-electron chi connectivity index (χ3n) is 4.89. The number of rotatable bonds is 7. The van der Waals surface area contributed by atoms with E-state index < -0.39 is 0 Å². The van der Waals surface area contributed by atoms with Gasteiger partial charge in [0.1, 0.15) is 6.54 Å². The molecule has 0 radical (unpaired) electrons. The van der Waals surface area contributed by atoms with Crippen LogP contribution in [0, 0.1) is 13.8 Å². The van der Waals surface area contributed by atoms with Crippen molar-refractivity contribution in [1.29, 1.82) is 0 Å². The standard InChI is InChI=1S/C23H33N3O2/c1-16-13-20(18(3)26(16)17(2)19-11-9-8-10-12-19)21(27)14-25(7)15-22(28)24-23(4,5)6/h8-13,17H,14-15H2,1-7H3,(H,24,28)/p+1/t17-/m1/s1. The van der Waals surface area contributed by atoms with Gasteiger partial charge in [-0.15, -0.1) is 0 Å². The van der Waals surface area contributed by atoms with E-state index in [4.69, 9.17) is 0 Å². The number of quaternary nitrogens is 1. The van der Waals surface area contributed by atoms with Crippen LogP contribution in [0.4, 0.5) is 0 Å². The van der Waals surface area contributed by atoms with Gasteiger partial charge in [0.2, 0.25) is 5.78 Å². The molecule has 2 aromatic rings. The number of nitrogens with zero attached hydrogens (tertiary/aromatic N) is 1. The van der Waals surface area contributed by atoms with Crippen LogP contribution in [-0.2, 0) is 4.79 Å². The summed E-state index contributed by atoms with van der Waals surface area (Å²) in [7, 11) is 1.88. The van der Waals surface area contributed by atoms with E-state index in [1.807, 2.05) is 65.9 Å². The van der Waals surface area contributed by atoms with Crippen molar-refractivity contribution < 1.29 is 14.5 Å². The minimum atomic E-state index is -0.264. The van der Waals surface area contributed by atoms with Gasteiger partial charge in [0.15, 0.2) is 6.54 Å². The molecule has 0 aliphatic carbocycles. The van der Waals surface area contributed by atoms with Gasteiger partial charge in [-0.05, 0) is 53.2 Å². The normalized spacial score (nSPS) is 13.8. The molecule has 0 aliphatic heterocycles. The molecule has 0 saturated carbocycles. The molecule has 1 aromatic heterocycles. The smallest absolute Gasteiger partial charge is 0.275 e. The highest BCUT2D eigenvalue weighted by Gasteiger charge is 2.23. The molecule has 0 saturated heterocycles. The lowest BCUT2D eigenvalue weighted by Crippen LogP contribution is -3.11. The molecule has 1 heterocycles. The molecule has 5 heteroatoms. The summed E-state index contributed by atoms with van der Waals surface area (Å²) in [5.41, 5.74) is 3.74. The summed E-state index contributed by atoms with van der Waals surface area (Å²) in [4.78, 5) is 25.9. The molecule has 0 fully saturated rings. The van der Waals surface area contributed by atoms with Crippen LogP contribution < -0.4 is 10.2 Å². The zero-order valence-electron chi connectivity index (χ0n) is 18.2. The summed E-state index contributed by atoms with van der Waals surface area (Å²) in [6, 6.07) is 12.4. The lowest BCUT2D eigenvalue weighted by Gasteiger charge is -2.21. The average molecular weight is 385 g/mol. The molecule has 1 aromatic carbocycles. The van der Waals surface area contributed by atoms with E-state index in [-0.39, 0.29) is 29.8 Å². The maximum absolute atomic E-state index is 12.9. The SMILES string of the molecule is Cc1cc(C(=O)C[NH+](C)CC(=O)NC(C)(C)C)c(C)n1[C@H](C)c1ccccc1. The third-order valence-corrected chi connectivity index (χ3v) is 4.89. The van der Waals surface area contributed by atoms with Crippen molar-refractivity contribution in [3.63, 3.8) is 0 Å². The zero-order valence-corrected chi connectivity index (χ0v) is 18.2. The van der Waals surface area contributed by atoms with Crippen molar-refractivity contribution in [3.05, 3.63) is 58.9 Å². The summed E-state index contributed by atoms with van der Waals surface area (Å²) >= 11 is 0. The molecule has 152 valence electrons. The van der Waals surface area contributed by atoms with Crippen molar-refractivity contribution in [3.8, 4) is 0 Å². The van der Waals surface area contributed by atoms with Gasteiger partial charge in [-0.3, -0.25) is 9.59 Å². The Morgan fingerprint density at radius 1 is 1.11 bits per heavy atom. The topological polar surface area (TPSA) is 55.5 Å². The van der Waals surface area contributed by atoms with Gasteiger partial charge in [-0.1, -0.05) is 30.3 Å². The van der Waals surface area contributed by atoms with Crippen molar-refractivity contribution in [2.45, 2.75) is 53.1 Å². The van der Waals surface area contributed by atoms with Crippen LogP contribution in [0.1, 0.15) is 61.0 Å². The average Bonchev–Trinajstić information content (AvgIpc) is 2.87. The predicted molar refractivity (Wildman–Crippen MR) is 113 cm³/mol. The zero-order chi connectivity index (χ0) is 21.1. The summed E-state index contributed by atoms with van der Waals surface area (Å²) in [5, 5.41) is 2.95. The van der Waals surface area contributed by atoms with E-state index in [0.29, 0.717) is 6.54 Å². The Hall–Kier alpha value is -2.40. The van der Waals surface area contributed by atoms with E-state index in [2.05, 4.69) is 28.9 Å². The van der Waals surface area contributed by atoms with E-state index >= 15 is 0 Å². The van der Waals surface area contributed by atoms with Gasteiger partial charge < -0.3 is 14.8 Å². The van der Waals surface area contributed by atoms with Crippen LogP contribution in [0.3, 0.4) is 0 Å². The Kier molecular flexibility index (Phi) is 6.83. The first-order chi connectivity index (χ1) is 13.0. The first-order valence-corrected chi connectivity index (χ1v) is 9.88. The number of hydrogen-bond donors (Lipinski definition) is 2. The quantitative estimate of drug-likeness (QED) is 0.720. The number of ketones is 1. The minimum absolute atomic E-state index is 0.0408. The molecular weight excluding hydrogens is 350 g/mol. The highest BCUT2D eigenvalue weighted by Crippen LogP contribution is 2.25. The molecule has 0 bridgehead atoms. The van der Waals surface area contributed by atoms with Crippen molar-refractivity contribution >= 4 is 11.7 Å². The lowest BCUT2D eigenvalue weighted by molar-refractivity contribution is -0.862. The largest absolute Gasteiger partial charge is 0.347 e. The molecule has 28 heavy (non-hydrogen) atoms. The summed E-state index contributed by atoms with van der Waals surface area (Å²) in [6.45, 7) is 12.6. The van der Waals surface area contributed by atoms with Crippen LogP contribution >= 0.6 is 0 Å². The molecule has 1 unspecified atom stereocenters. The number of nitrogens with one attached hydrogen (secondary N) is 2. The highest BCUT2D eigenvalue weighted by atomic mass is 16.2. The Bertz CT molecular complexity index is 832. The second kappa shape index (κ2) is 8.74. The Labute approximate surface area is 168 Å².